The highest BCUT2D eigenvalue weighted by atomic mass is 35.5. The molecule has 12 rings (SSSR count). The fraction of sp³-hybridized carbons (Fsp3) is 0.591. The number of piperidine rings is 6. The van der Waals surface area contributed by atoms with Gasteiger partial charge in [0, 0.05) is 156 Å². The molecular formula is C110H156Cl6N8O21. The maximum atomic E-state index is 12.6. The second-order valence-electron chi connectivity index (χ2n) is 43.3. The number of Topliss-reactive ketones (excluding diaryl/α,β-unsaturated/α-hetero) is 1. The number of hydrogen-bond donors (Lipinski definition) is 4. The summed E-state index contributed by atoms with van der Waals surface area (Å²) in [7, 11) is 0. The van der Waals surface area contributed by atoms with Crippen molar-refractivity contribution in [2.45, 2.75) is 273 Å². The molecule has 29 nitrogen and oxygen atoms in total. The Morgan fingerprint density at radius 3 is 0.862 bits per heavy atom. The van der Waals surface area contributed by atoms with E-state index in [2.05, 4.69) is 0 Å². The summed E-state index contributed by atoms with van der Waals surface area (Å²) < 4.78 is 55.5. The maximum Gasteiger partial charge on any atom is 0.410 e. The lowest BCUT2D eigenvalue weighted by Gasteiger charge is -2.37. The lowest BCUT2D eigenvalue weighted by atomic mass is 9.88. The molecule has 0 saturated carbocycles. The third-order valence-corrected chi connectivity index (χ3v) is 25.1. The molecule has 0 spiro atoms. The Morgan fingerprint density at radius 2 is 0.586 bits per heavy atom. The summed E-state index contributed by atoms with van der Waals surface area (Å²) in [6.07, 6.45) is 6.40. The van der Waals surface area contributed by atoms with Crippen molar-refractivity contribution in [3.8, 4) is 0 Å². The van der Waals surface area contributed by atoms with Gasteiger partial charge in [0.25, 0.3) is 0 Å². The molecule has 6 N–H and O–H groups in total. The van der Waals surface area contributed by atoms with Crippen LogP contribution in [0.3, 0.4) is 0 Å². The first kappa shape index (κ1) is 123. The fourth-order valence-corrected chi connectivity index (χ4v) is 18.7. The number of benzene rings is 6. The van der Waals surface area contributed by atoms with Crippen molar-refractivity contribution < 1.29 is 101 Å². The lowest BCUT2D eigenvalue weighted by Crippen LogP contribution is -2.44. The topological polar surface area (TPSA) is 358 Å². The molecule has 804 valence electrons. The van der Waals surface area contributed by atoms with Crippen LogP contribution in [0.5, 0.6) is 0 Å². The molecule has 6 saturated heterocycles. The number of nitrogens with zero attached hydrogens (tertiary/aromatic N) is 6. The lowest BCUT2D eigenvalue weighted by molar-refractivity contribution is -0.152. The normalized spacial score (nSPS) is 19.5. The van der Waals surface area contributed by atoms with Crippen molar-refractivity contribution in [3.63, 3.8) is 0 Å². The number of amides is 7. The summed E-state index contributed by atoms with van der Waals surface area (Å²) in [6, 6.07) is 43.9. The monoisotopic (exact) mass is 2130 g/mol. The van der Waals surface area contributed by atoms with E-state index in [4.69, 9.17) is 128 Å². The van der Waals surface area contributed by atoms with Gasteiger partial charge >= 0.3 is 42.5 Å². The molecule has 35 heteroatoms. The Balaban J connectivity index is 0.000000236. The van der Waals surface area contributed by atoms with E-state index in [0.717, 1.165) is 105 Å². The molecule has 0 radical (unpaired) electrons. The molecule has 0 aliphatic carbocycles. The molecule has 6 aliphatic rings. The van der Waals surface area contributed by atoms with Crippen LogP contribution < -0.4 is 11.5 Å². The first-order chi connectivity index (χ1) is 67.9. The first-order valence-corrected chi connectivity index (χ1v) is 52.5. The van der Waals surface area contributed by atoms with Crippen LogP contribution in [-0.2, 0) is 57.0 Å². The molecule has 6 aromatic rings. The highest BCUT2D eigenvalue weighted by Gasteiger charge is 2.41. The minimum Gasteiger partial charge on any atom is -0.464 e. The van der Waals surface area contributed by atoms with Gasteiger partial charge in [-0.3, -0.25) is 9.59 Å². The van der Waals surface area contributed by atoms with E-state index < -0.39 is 57.7 Å². The number of hydrogen-bond acceptors (Lipinski definition) is 22. The maximum absolute atomic E-state index is 12.6. The van der Waals surface area contributed by atoms with Crippen LogP contribution in [0.2, 0.25) is 30.1 Å². The third kappa shape index (κ3) is 45.2. The largest absolute Gasteiger partial charge is 0.464 e. The predicted molar refractivity (Wildman–Crippen MR) is 567 cm³/mol. The Labute approximate surface area is 888 Å². The second kappa shape index (κ2) is 58.3. The zero-order valence-electron chi connectivity index (χ0n) is 88.0. The van der Waals surface area contributed by atoms with E-state index in [-0.39, 0.29) is 109 Å². The number of primary amides is 1. The van der Waals surface area contributed by atoms with Crippen molar-refractivity contribution in [3.05, 3.63) is 209 Å². The molecule has 145 heavy (non-hydrogen) atoms. The van der Waals surface area contributed by atoms with Crippen LogP contribution in [0.25, 0.3) is 0 Å². The fourth-order valence-electron chi connectivity index (χ4n) is 17.5. The van der Waals surface area contributed by atoms with Gasteiger partial charge in [0.2, 0.25) is 5.91 Å². The molecule has 11 atom stereocenters. The summed E-state index contributed by atoms with van der Waals surface area (Å²) in [5.41, 5.74) is 12.7. The van der Waals surface area contributed by atoms with Gasteiger partial charge in [-0.15, -0.1) is 0 Å². The van der Waals surface area contributed by atoms with Gasteiger partial charge < -0.3 is 98.4 Å². The summed E-state index contributed by atoms with van der Waals surface area (Å²) in [4.78, 5) is 120. The van der Waals surface area contributed by atoms with E-state index >= 15 is 0 Å². The molecule has 6 heterocycles. The van der Waals surface area contributed by atoms with Crippen molar-refractivity contribution >= 4 is 124 Å². The zero-order valence-corrected chi connectivity index (χ0v) is 92.5. The van der Waals surface area contributed by atoms with Crippen LogP contribution in [0.4, 0.5) is 28.8 Å². The predicted octanol–water partition coefficient (Wildman–Crippen LogP) is 24.4. The summed E-state index contributed by atoms with van der Waals surface area (Å²) >= 11 is 36.3. The minimum atomic E-state index is -0.621. The van der Waals surface area contributed by atoms with E-state index in [0.29, 0.717) is 134 Å². The molecule has 6 fully saturated rings. The molecule has 6 aromatic carbocycles. The van der Waals surface area contributed by atoms with Gasteiger partial charge in [0.05, 0.1) is 43.7 Å². The number of likely N-dealkylation sites (tertiary alicyclic amines) is 6. The standard InChI is InChI=1S/C21H30ClNO5.C19H27ClN2O4.C19H29ClN2O3.2C17H24ClNO3.C17H22ClNO3/c1-5-26-18(24)14-27-19(15-8-6-10-17(22)12-15)16-9-7-11-23(13-16)20(25)28-21(2,3)4;1-19(2,3)26-18(24)22-9-5-7-14(11-22)17(25-12-16(21)23)13-6-4-8-15(20)10-13;1-19(2,3)25-18(23)22-10-5-7-15(13-22)17(24-11-9-21)14-6-4-8-16(20)12-14;3*1-17(2,3)22-16(21)19-9-5-7-13(11-19)15(20)12-6-4-8-14(18)10-12/h6,8,10,12,16,19H,5,7,9,11,13-14H2,1-4H3;4,6,8,10,14,17H,5,7,9,11-12H2,1-3H3,(H2,21,23);4,6,8,12,15,17H,5,7,9-11,13,21H2,1-3H3;2*4,6,8,10,13,15,20H,5,7,9,11H2,1-3H3;4,6,8,10,13H,5,7,9,11H2,1-3H3/t16-,19+;14-,17+;15-,17+;13-,15+;13-,15-;13-/m111111/s1. The van der Waals surface area contributed by atoms with Gasteiger partial charge in [0.1, 0.15) is 46.8 Å². The Morgan fingerprint density at radius 1 is 0.338 bits per heavy atom. The van der Waals surface area contributed by atoms with Crippen LogP contribution in [0.1, 0.15) is 277 Å². The van der Waals surface area contributed by atoms with Crippen LogP contribution in [0, 0.1) is 35.5 Å². The molecule has 0 unspecified atom stereocenters. The molecule has 0 aromatic heterocycles. The van der Waals surface area contributed by atoms with E-state index in [1.165, 1.54) is 0 Å². The number of nitrogens with two attached hydrogens (primary N) is 2. The van der Waals surface area contributed by atoms with Crippen molar-refractivity contribution in [1.29, 1.82) is 0 Å². The number of carbonyl (C=O) groups excluding carboxylic acids is 9. The van der Waals surface area contributed by atoms with Gasteiger partial charge in [0.15, 0.2) is 5.78 Å². The number of carbonyl (C=O) groups is 9. The minimum absolute atomic E-state index is 0.000245. The highest BCUT2D eigenvalue weighted by Crippen LogP contribution is 2.41. The molecule has 6 aliphatic heterocycles. The van der Waals surface area contributed by atoms with E-state index in [1.807, 2.05) is 210 Å². The van der Waals surface area contributed by atoms with Crippen LogP contribution in [-0.4, -0.2) is 239 Å². The number of aliphatic hydroxyl groups is 2. The Bertz CT molecular complexity index is 5020. The van der Waals surface area contributed by atoms with Gasteiger partial charge in [-0.25, -0.2) is 33.6 Å². The Kier molecular flexibility index (Phi) is 49.4. The number of halogens is 6. The van der Waals surface area contributed by atoms with Crippen molar-refractivity contribution in [2.24, 2.45) is 47.0 Å². The van der Waals surface area contributed by atoms with E-state index in [9.17, 15) is 53.4 Å². The average Bonchev–Trinajstić information content (AvgIpc) is 0.619. The Hall–Kier alpha value is -8.95. The SMILES string of the molecule is CC(C)(C)OC(=O)N1CCC[C@@H](C(=O)c2cccc(Cl)c2)C1.CC(C)(C)OC(=O)N1CCC[C@@H]([C@@H](O)c2cccc(Cl)c2)C1.CC(C)(C)OC(=O)N1CCC[C@@H]([C@@H](OCC(N)=O)c2cccc(Cl)c2)C1.CC(C)(C)OC(=O)N1CCC[C@@H]([C@@H](OCCN)c2cccc(Cl)c2)C1.CC(C)(C)OC(=O)N1CCC[C@@H]([C@H](O)c2cccc(Cl)c2)C1.CCOC(=O)CO[C@@H](c1cccc(Cl)c1)[C@@H]1CCCN(C(=O)OC(C)(C)C)C1. The number of ketones is 1. The van der Waals surface area contributed by atoms with E-state index in [1.54, 1.807) is 97.0 Å². The first-order valence-electron chi connectivity index (χ1n) is 50.2. The third-order valence-electron chi connectivity index (χ3n) is 23.7. The number of ether oxygens (including phenoxy) is 10. The van der Waals surface area contributed by atoms with Gasteiger partial charge in [-0.2, -0.15) is 0 Å². The van der Waals surface area contributed by atoms with Crippen LogP contribution in [0.15, 0.2) is 146 Å². The summed E-state index contributed by atoms with van der Waals surface area (Å²) in [5.74, 6) is -0.865. The number of esters is 1. The van der Waals surface area contributed by atoms with Gasteiger partial charge in [-0.1, -0.05) is 142 Å². The summed E-state index contributed by atoms with van der Waals surface area (Å²) in [5, 5.41) is 24.8. The molecule has 0 bridgehead atoms. The smallest absolute Gasteiger partial charge is 0.410 e. The molecule has 7 amide bonds. The zero-order chi connectivity index (χ0) is 107. The van der Waals surface area contributed by atoms with Crippen LogP contribution >= 0.6 is 69.6 Å². The second-order valence-corrected chi connectivity index (χ2v) is 45.9. The summed E-state index contributed by atoms with van der Waals surface area (Å²) in [6.45, 7) is 43.0. The highest BCUT2D eigenvalue weighted by molar-refractivity contribution is 6.32. The van der Waals surface area contributed by atoms with Gasteiger partial charge in [-0.05, 0) is 309 Å². The molecular weight excluding hydrogens is 1980 g/mol. The number of rotatable bonds is 22. The average molecular weight is 2140 g/mol. The quantitative estimate of drug-likeness (QED) is 0.0279. The van der Waals surface area contributed by atoms with Crippen molar-refractivity contribution in [1.82, 2.24) is 29.4 Å². The van der Waals surface area contributed by atoms with Crippen molar-refractivity contribution in [2.75, 3.05) is 112 Å². The number of aliphatic hydroxyl groups excluding tert-OH is 2.